The summed E-state index contributed by atoms with van der Waals surface area (Å²) in [5.74, 6) is -0.927. The van der Waals surface area contributed by atoms with Gasteiger partial charge in [-0.15, -0.1) is 0 Å². The number of aliphatic carboxylic acids is 1. The molecule has 0 aromatic heterocycles. The molecule has 76 valence electrons. The molecule has 0 heterocycles. The van der Waals surface area contributed by atoms with Crippen LogP contribution in [0, 0.1) is 0 Å². The van der Waals surface area contributed by atoms with Crippen LogP contribution in [0.15, 0.2) is 0 Å². The molecule has 0 rings (SSSR count). The Balaban J connectivity index is 3.25. The Morgan fingerprint density at radius 1 is 0.923 bits per heavy atom. The Morgan fingerprint density at radius 2 is 1.62 bits per heavy atom. The predicted molar refractivity (Wildman–Crippen MR) is 47.4 cm³/mol. The molecule has 0 aromatic rings. The highest BCUT2D eigenvalue weighted by Crippen LogP contribution is 2.03. The molecule has 0 radical (unpaired) electrons. The second kappa shape index (κ2) is 7.73. The third kappa shape index (κ3) is 9.01. The summed E-state index contributed by atoms with van der Waals surface area (Å²) in [7, 11) is 0. The summed E-state index contributed by atoms with van der Waals surface area (Å²) in [6, 6.07) is 0. The van der Waals surface area contributed by atoms with Crippen molar-refractivity contribution in [2.75, 3.05) is 6.61 Å². The average Bonchev–Trinajstić information content (AvgIpc) is 2.09. The molecule has 0 amide bonds. The predicted octanol–water partition coefficient (Wildman–Crippen LogP) is 0.973. The Kier molecular flexibility index (Phi) is 7.20. The fourth-order valence-electron chi connectivity index (χ4n) is 0.982. The fourth-order valence-corrected chi connectivity index (χ4v) is 0.982. The van der Waals surface area contributed by atoms with Gasteiger partial charge in [0.1, 0.15) is 5.78 Å². The lowest BCUT2D eigenvalue weighted by Crippen LogP contribution is -2.03. The molecular formula is C9H16O4. The van der Waals surface area contributed by atoms with Crippen molar-refractivity contribution in [1.82, 2.24) is 0 Å². The molecule has 0 spiro atoms. The van der Waals surface area contributed by atoms with Gasteiger partial charge in [-0.2, -0.15) is 0 Å². The number of carbonyl (C=O) groups excluding carboxylic acids is 1. The van der Waals surface area contributed by atoms with Crippen LogP contribution in [0.2, 0.25) is 0 Å². The molecule has 2 N–H and O–H groups in total. The highest BCUT2D eigenvalue weighted by atomic mass is 16.4. The van der Waals surface area contributed by atoms with Crippen molar-refractivity contribution in [2.24, 2.45) is 0 Å². The third-order valence-electron chi connectivity index (χ3n) is 1.73. The van der Waals surface area contributed by atoms with Gasteiger partial charge in [0.15, 0.2) is 0 Å². The van der Waals surface area contributed by atoms with Crippen molar-refractivity contribution in [2.45, 2.75) is 38.5 Å². The monoisotopic (exact) mass is 188 g/mol. The van der Waals surface area contributed by atoms with Crippen LogP contribution in [0.3, 0.4) is 0 Å². The first-order valence-electron chi connectivity index (χ1n) is 4.51. The summed E-state index contributed by atoms with van der Waals surface area (Å²) < 4.78 is 0. The van der Waals surface area contributed by atoms with Crippen LogP contribution >= 0.6 is 0 Å². The lowest BCUT2D eigenvalue weighted by atomic mass is 10.1. The summed E-state index contributed by atoms with van der Waals surface area (Å²) in [4.78, 5) is 21.1. The lowest BCUT2D eigenvalue weighted by molar-refractivity contribution is -0.138. The number of carboxylic acids is 1. The number of hydrogen-bond acceptors (Lipinski definition) is 3. The number of unbranched alkanes of at least 4 members (excludes halogenated alkanes) is 2. The van der Waals surface area contributed by atoms with E-state index in [-0.39, 0.29) is 25.2 Å². The Morgan fingerprint density at radius 3 is 2.15 bits per heavy atom. The fraction of sp³-hybridized carbons (Fsp3) is 0.778. The van der Waals surface area contributed by atoms with Gasteiger partial charge >= 0.3 is 5.97 Å². The zero-order valence-corrected chi connectivity index (χ0v) is 7.66. The van der Waals surface area contributed by atoms with Crippen molar-refractivity contribution in [3.63, 3.8) is 0 Å². The second-order valence-corrected chi connectivity index (χ2v) is 2.97. The number of ketones is 1. The van der Waals surface area contributed by atoms with Crippen LogP contribution in [0.5, 0.6) is 0 Å². The van der Waals surface area contributed by atoms with Gasteiger partial charge in [-0.3, -0.25) is 9.59 Å². The van der Waals surface area contributed by atoms with E-state index in [9.17, 15) is 9.59 Å². The first kappa shape index (κ1) is 12.1. The molecule has 0 saturated carbocycles. The molecule has 0 aliphatic heterocycles. The quantitative estimate of drug-likeness (QED) is 0.557. The maximum atomic E-state index is 11.0. The van der Waals surface area contributed by atoms with Gasteiger partial charge in [0.2, 0.25) is 0 Å². The normalized spacial score (nSPS) is 9.92. The van der Waals surface area contributed by atoms with Crippen molar-refractivity contribution < 1.29 is 19.8 Å². The van der Waals surface area contributed by atoms with Gasteiger partial charge in [-0.1, -0.05) is 6.42 Å². The summed E-state index contributed by atoms with van der Waals surface area (Å²) >= 11 is 0. The number of aliphatic hydroxyl groups is 1. The van der Waals surface area contributed by atoms with Crippen molar-refractivity contribution in [3.05, 3.63) is 0 Å². The number of carboxylic acid groups (broad SMARTS) is 1. The van der Waals surface area contributed by atoms with E-state index < -0.39 is 5.97 Å². The maximum Gasteiger partial charge on any atom is 0.303 e. The van der Waals surface area contributed by atoms with E-state index in [1.54, 1.807) is 0 Å². The number of rotatable bonds is 8. The molecule has 0 aliphatic carbocycles. The molecule has 0 aliphatic rings. The minimum atomic E-state index is -0.927. The standard InChI is InChI=1S/C9H16O4/c10-7-3-1-2-4-8(11)5-6-9(12)13/h10H,1-7H2,(H,12,13). The van der Waals surface area contributed by atoms with Crippen LogP contribution in [0.4, 0.5) is 0 Å². The topological polar surface area (TPSA) is 74.6 Å². The van der Waals surface area contributed by atoms with Gasteiger partial charge in [-0.05, 0) is 12.8 Å². The molecule has 0 unspecified atom stereocenters. The Hall–Kier alpha value is -0.900. The van der Waals surface area contributed by atoms with Crippen molar-refractivity contribution in [1.29, 1.82) is 0 Å². The molecule has 4 nitrogen and oxygen atoms in total. The smallest absolute Gasteiger partial charge is 0.303 e. The first-order chi connectivity index (χ1) is 6.16. The van der Waals surface area contributed by atoms with Crippen molar-refractivity contribution >= 4 is 11.8 Å². The maximum absolute atomic E-state index is 11.0. The summed E-state index contributed by atoms with van der Waals surface area (Å²) in [6.45, 7) is 0.156. The summed E-state index contributed by atoms with van der Waals surface area (Å²) in [6.07, 6.45) is 2.79. The highest BCUT2D eigenvalue weighted by molar-refractivity contribution is 5.82. The van der Waals surface area contributed by atoms with E-state index >= 15 is 0 Å². The minimum Gasteiger partial charge on any atom is -0.481 e. The van der Waals surface area contributed by atoms with E-state index in [1.807, 2.05) is 0 Å². The molecule has 4 heteroatoms. The van der Waals surface area contributed by atoms with Crippen LogP contribution in [-0.4, -0.2) is 28.6 Å². The second-order valence-electron chi connectivity index (χ2n) is 2.97. The molecule has 13 heavy (non-hydrogen) atoms. The number of carbonyl (C=O) groups is 2. The van der Waals surface area contributed by atoms with Crippen molar-refractivity contribution in [3.8, 4) is 0 Å². The number of Topliss-reactive ketones (excluding diaryl/α,β-unsaturated/α-hetero) is 1. The number of hydrogen-bond donors (Lipinski definition) is 2. The zero-order valence-electron chi connectivity index (χ0n) is 7.66. The molecule has 0 atom stereocenters. The average molecular weight is 188 g/mol. The summed E-state index contributed by atoms with van der Waals surface area (Å²) in [5.41, 5.74) is 0. The molecule has 0 fully saturated rings. The van der Waals surface area contributed by atoms with Gasteiger partial charge in [-0.25, -0.2) is 0 Å². The van der Waals surface area contributed by atoms with E-state index in [0.717, 1.165) is 12.8 Å². The van der Waals surface area contributed by atoms with Crippen LogP contribution < -0.4 is 0 Å². The molecule has 0 saturated heterocycles. The Labute approximate surface area is 77.6 Å². The molecular weight excluding hydrogens is 172 g/mol. The number of aliphatic hydroxyl groups excluding tert-OH is 1. The van der Waals surface area contributed by atoms with Gasteiger partial charge in [0.25, 0.3) is 0 Å². The SMILES string of the molecule is O=C(O)CCC(=O)CCCCCO. The highest BCUT2D eigenvalue weighted by Gasteiger charge is 2.04. The van der Waals surface area contributed by atoms with Gasteiger partial charge in [0.05, 0.1) is 6.42 Å². The van der Waals surface area contributed by atoms with Gasteiger partial charge in [0, 0.05) is 19.4 Å². The molecule has 0 aromatic carbocycles. The van der Waals surface area contributed by atoms with E-state index in [4.69, 9.17) is 10.2 Å². The third-order valence-corrected chi connectivity index (χ3v) is 1.73. The van der Waals surface area contributed by atoms with E-state index in [1.165, 1.54) is 0 Å². The van der Waals surface area contributed by atoms with Crippen LogP contribution in [-0.2, 0) is 9.59 Å². The summed E-state index contributed by atoms with van der Waals surface area (Å²) in [5, 5.41) is 16.7. The van der Waals surface area contributed by atoms with Gasteiger partial charge < -0.3 is 10.2 Å². The van der Waals surface area contributed by atoms with E-state index in [0.29, 0.717) is 12.8 Å². The molecule has 0 bridgehead atoms. The lowest BCUT2D eigenvalue weighted by Gasteiger charge is -1.98. The Bertz CT molecular complexity index is 165. The largest absolute Gasteiger partial charge is 0.481 e. The minimum absolute atomic E-state index is 0.000315. The van der Waals surface area contributed by atoms with Crippen LogP contribution in [0.1, 0.15) is 38.5 Å². The van der Waals surface area contributed by atoms with E-state index in [2.05, 4.69) is 0 Å². The van der Waals surface area contributed by atoms with Crippen LogP contribution in [0.25, 0.3) is 0 Å². The first-order valence-corrected chi connectivity index (χ1v) is 4.51. The zero-order chi connectivity index (χ0) is 10.1.